The van der Waals surface area contributed by atoms with Gasteiger partial charge in [0.1, 0.15) is 0 Å². The first kappa shape index (κ1) is 24.2. The fourth-order valence-corrected chi connectivity index (χ4v) is 10.1. The van der Waals surface area contributed by atoms with Crippen molar-refractivity contribution < 1.29 is 0 Å². The van der Waals surface area contributed by atoms with Gasteiger partial charge in [-0.15, -0.1) is 11.3 Å². The molecule has 2 heterocycles. The Kier molecular flexibility index (Phi) is 13.3. The van der Waals surface area contributed by atoms with Crippen molar-refractivity contribution in [1.29, 1.82) is 0 Å². The first-order valence-electron chi connectivity index (χ1n) is 10.6. The normalized spacial score (nSPS) is 11.3. The molecule has 0 fully saturated rings. The van der Waals surface area contributed by atoms with E-state index in [4.69, 9.17) is 0 Å². The average molecular weight is 499 g/mol. The summed E-state index contributed by atoms with van der Waals surface area (Å²) in [5, 5.41) is 2.16. The summed E-state index contributed by atoms with van der Waals surface area (Å²) >= 11 is 2.22. The largest absolute Gasteiger partial charge is 0.149 e. The Morgan fingerprint density at radius 1 is 0.731 bits per heavy atom. The van der Waals surface area contributed by atoms with Gasteiger partial charge in [0.25, 0.3) is 0 Å². The van der Waals surface area contributed by atoms with E-state index in [0.29, 0.717) is 0 Å². The van der Waals surface area contributed by atoms with Crippen LogP contribution in [0.3, 0.4) is 0 Å². The minimum Gasteiger partial charge on any atom is -0.149 e. The molecule has 0 aliphatic rings. The molecule has 2 aromatic heterocycles. The van der Waals surface area contributed by atoms with Gasteiger partial charge in [-0.1, -0.05) is 32.3 Å². The topological polar surface area (TPSA) is 0 Å². The monoisotopic (exact) mass is 500 g/mol. The van der Waals surface area contributed by atoms with Crippen LogP contribution in [0.4, 0.5) is 0 Å². The minimum atomic E-state index is -1.75. The van der Waals surface area contributed by atoms with Crippen LogP contribution in [0.2, 0.25) is 14.8 Å². The molecule has 0 saturated carbocycles. The molecule has 0 N–H and O–H groups in total. The Labute approximate surface area is 175 Å². The third-order valence-corrected chi connectivity index (χ3v) is 16.1. The van der Waals surface area contributed by atoms with Crippen LogP contribution >= 0.6 is 22.7 Å². The van der Waals surface area contributed by atoms with Crippen LogP contribution in [0.15, 0.2) is 29.6 Å². The molecule has 3 heteroatoms. The van der Waals surface area contributed by atoms with Crippen molar-refractivity contribution in [3.8, 4) is 0 Å². The number of thiophene rings is 2. The van der Waals surface area contributed by atoms with E-state index in [1.807, 2.05) is 11.3 Å². The van der Waals surface area contributed by atoms with Crippen molar-refractivity contribution in [1.82, 2.24) is 0 Å². The quantitative estimate of drug-likeness (QED) is 0.216. The molecule has 0 aromatic carbocycles. The SMILES string of the molecule is CCCCCCc1cc[c]([Sn]([CH3])([CH3])[CH3])s1.CCCCCCc1cccs1. The van der Waals surface area contributed by atoms with Gasteiger partial charge in [0.2, 0.25) is 0 Å². The zero-order chi connectivity index (χ0) is 19.3. The first-order valence-corrected chi connectivity index (χ1v) is 22.3. The van der Waals surface area contributed by atoms with Gasteiger partial charge in [0.05, 0.1) is 0 Å². The number of unbranched alkanes of at least 4 members (excludes halogenated alkanes) is 6. The van der Waals surface area contributed by atoms with Crippen molar-refractivity contribution in [2.45, 2.75) is 92.9 Å². The van der Waals surface area contributed by atoms with Crippen LogP contribution in [0.5, 0.6) is 0 Å². The molecule has 26 heavy (non-hydrogen) atoms. The van der Waals surface area contributed by atoms with Gasteiger partial charge < -0.3 is 0 Å². The maximum atomic E-state index is 2.50. The summed E-state index contributed by atoms with van der Waals surface area (Å²) in [5.74, 6) is 0. The maximum Gasteiger partial charge on any atom is 0.00452 e. The maximum absolute atomic E-state index is 2.50. The van der Waals surface area contributed by atoms with E-state index in [2.05, 4.69) is 69.6 Å². The van der Waals surface area contributed by atoms with E-state index in [-0.39, 0.29) is 0 Å². The molecule has 148 valence electrons. The number of hydrogen-bond donors (Lipinski definition) is 0. The van der Waals surface area contributed by atoms with Crippen LogP contribution in [0.1, 0.15) is 75.0 Å². The second kappa shape index (κ2) is 14.2. The summed E-state index contributed by atoms with van der Waals surface area (Å²) in [5.41, 5.74) is 0. The Morgan fingerprint density at radius 3 is 1.81 bits per heavy atom. The number of rotatable bonds is 11. The molecule has 0 amide bonds. The van der Waals surface area contributed by atoms with Crippen LogP contribution in [0.25, 0.3) is 0 Å². The fourth-order valence-electron chi connectivity index (χ4n) is 2.82. The van der Waals surface area contributed by atoms with E-state index in [9.17, 15) is 0 Å². The summed E-state index contributed by atoms with van der Waals surface area (Å²) in [6.45, 7) is 4.53. The van der Waals surface area contributed by atoms with Gasteiger partial charge in [0, 0.05) is 4.88 Å². The van der Waals surface area contributed by atoms with Gasteiger partial charge in [-0.3, -0.25) is 0 Å². The van der Waals surface area contributed by atoms with Crippen LogP contribution in [0, 0.1) is 0 Å². The second-order valence-electron chi connectivity index (χ2n) is 8.22. The zero-order valence-corrected chi connectivity index (χ0v) is 22.3. The van der Waals surface area contributed by atoms with Crippen molar-refractivity contribution >= 4 is 43.9 Å². The summed E-state index contributed by atoms with van der Waals surface area (Å²) in [6.07, 6.45) is 13.6. The van der Waals surface area contributed by atoms with E-state index in [1.54, 1.807) is 12.6 Å². The summed E-state index contributed by atoms with van der Waals surface area (Å²) in [4.78, 5) is 10.7. The average Bonchev–Trinajstić information content (AvgIpc) is 3.27. The van der Waals surface area contributed by atoms with Crippen LogP contribution in [-0.2, 0) is 12.8 Å². The smallest absolute Gasteiger partial charge is 0.00452 e. The number of hydrogen-bond acceptors (Lipinski definition) is 2. The van der Waals surface area contributed by atoms with E-state index < -0.39 is 18.4 Å². The number of aryl methyl sites for hydroxylation is 2. The third-order valence-electron chi connectivity index (χ3n) is 4.53. The first-order chi connectivity index (χ1) is 12.5. The molecule has 0 aliphatic carbocycles. The van der Waals surface area contributed by atoms with Crippen molar-refractivity contribution in [3.63, 3.8) is 0 Å². The van der Waals surface area contributed by atoms with Gasteiger partial charge in [-0.05, 0) is 24.3 Å². The molecule has 0 aliphatic heterocycles. The van der Waals surface area contributed by atoms with E-state index in [0.717, 1.165) is 0 Å². The van der Waals surface area contributed by atoms with Crippen molar-refractivity contribution in [2.75, 3.05) is 0 Å². The molecule has 0 nitrogen and oxygen atoms in total. The zero-order valence-electron chi connectivity index (χ0n) is 17.8. The van der Waals surface area contributed by atoms with Gasteiger partial charge >= 0.3 is 103 Å². The predicted octanol–water partition coefficient (Wildman–Crippen LogP) is 8.29. The molecule has 0 radical (unpaired) electrons. The van der Waals surface area contributed by atoms with Crippen molar-refractivity contribution in [3.05, 3.63) is 39.4 Å². The van der Waals surface area contributed by atoms with Crippen LogP contribution in [-0.4, -0.2) is 18.4 Å². The molecule has 2 aromatic rings. The van der Waals surface area contributed by atoms with Gasteiger partial charge in [-0.25, -0.2) is 0 Å². The fraction of sp³-hybridized carbons (Fsp3) is 0.652. The molecule has 2 rings (SSSR count). The van der Waals surface area contributed by atoms with E-state index >= 15 is 0 Å². The second-order valence-corrected chi connectivity index (χ2v) is 25.8. The predicted molar refractivity (Wildman–Crippen MR) is 127 cm³/mol. The molecule has 0 saturated heterocycles. The van der Waals surface area contributed by atoms with E-state index in [1.165, 1.54) is 64.2 Å². The third kappa shape index (κ3) is 11.1. The Balaban J connectivity index is 0.000000273. The summed E-state index contributed by atoms with van der Waals surface area (Å²) in [6, 6.07) is 9.14. The Morgan fingerprint density at radius 2 is 1.35 bits per heavy atom. The standard InChI is InChI=1S/C10H16S.C10H15S.3CH3.Sn/c2*1-2-3-4-5-7-10-8-6-9-11-10;;;;/h6,8-9H,2-5,7H2,1H3;6,8H,2-5,7H2,1H3;3*1H3;. The van der Waals surface area contributed by atoms with Crippen molar-refractivity contribution in [2.24, 2.45) is 0 Å². The Bertz CT molecular complexity index is 549. The van der Waals surface area contributed by atoms with Gasteiger partial charge in [0.15, 0.2) is 0 Å². The Hall–Kier alpha value is 0.199. The summed E-state index contributed by atoms with van der Waals surface area (Å²) < 4.78 is 1.73. The van der Waals surface area contributed by atoms with Crippen LogP contribution < -0.4 is 2.89 Å². The molecule has 0 spiro atoms. The molecule has 0 bridgehead atoms. The molecular formula is C23H40S2Sn. The molecule has 0 atom stereocenters. The molecule has 0 unspecified atom stereocenters. The summed E-state index contributed by atoms with van der Waals surface area (Å²) in [7, 11) is 0. The molecular weight excluding hydrogens is 459 g/mol. The minimum absolute atomic E-state index is 1.29. The van der Waals surface area contributed by atoms with Gasteiger partial charge in [-0.2, -0.15) is 0 Å².